The minimum absolute atomic E-state index is 0.0208. The molecule has 10 nitrogen and oxygen atoms in total. The first-order valence-corrected chi connectivity index (χ1v) is 10.3. The molecule has 0 spiro atoms. The van der Waals surface area contributed by atoms with Crippen LogP contribution >= 0.6 is 0 Å². The third-order valence-electron chi connectivity index (χ3n) is 5.23. The fraction of sp³-hybridized carbons (Fsp3) is 0.412. The summed E-state index contributed by atoms with van der Waals surface area (Å²) in [6, 6.07) is 3.13. The molecule has 28 heavy (non-hydrogen) atoms. The number of sulfonamides is 1. The van der Waals surface area contributed by atoms with Crippen LogP contribution in [-0.2, 0) is 24.1 Å². The Morgan fingerprint density at radius 2 is 1.86 bits per heavy atom. The summed E-state index contributed by atoms with van der Waals surface area (Å²) in [5.41, 5.74) is -0.264. The third kappa shape index (κ3) is 2.87. The SMILES string of the molecule is Cn1c(=O)c2[nH]c(C3CCN(S(=O)(=O)c4cccnc4)CC3)nc2n(C)c1=O. The zero-order chi connectivity index (χ0) is 20.1. The molecule has 1 aliphatic rings. The maximum atomic E-state index is 12.7. The molecular weight excluding hydrogens is 384 g/mol. The van der Waals surface area contributed by atoms with Crippen LogP contribution in [0.25, 0.3) is 11.2 Å². The highest BCUT2D eigenvalue weighted by molar-refractivity contribution is 7.89. The Kier molecular flexibility index (Phi) is 4.42. The summed E-state index contributed by atoms with van der Waals surface area (Å²) in [7, 11) is -0.585. The number of aromatic amines is 1. The molecule has 4 heterocycles. The average Bonchev–Trinajstić information content (AvgIpc) is 3.17. The predicted molar refractivity (Wildman–Crippen MR) is 102 cm³/mol. The Morgan fingerprint density at radius 3 is 2.50 bits per heavy atom. The molecule has 1 aliphatic heterocycles. The smallest absolute Gasteiger partial charge is 0.332 e. The van der Waals surface area contributed by atoms with Crippen molar-refractivity contribution in [3.05, 3.63) is 51.2 Å². The second-order valence-electron chi connectivity index (χ2n) is 6.89. The minimum Gasteiger partial charge on any atom is -0.336 e. The van der Waals surface area contributed by atoms with Crippen molar-refractivity contribution in [3.8, 4) is 0 Å². The molecular formula is C17H20N6O4S. The molecule has 3 aromatic heterocycles. The highest BCUT2D eigenvalue weighted by atomic mass is 32.2. The Labute approximate surface area is 160 Å². The fourth-order valence-electron chi connectivity index (χ4n) is 3.56. The van der Waals surface area contributed by atoms with E-state index in [0.29, 0.717) is 37.4 Å². The van der Waals surface area contributed by atoms with Crippen LogP contribution in [0, 0.1) is 0 Å². The van der Waals surface area contributed by atoms with Crippen molar-refractivity contribution >= 4 is 21.2 Å². The molecule has 11 heteroatoms. The first kappa shape index (κ1) is 18.6. The van der Waals surface area contributed by atoms with Crippen LogP contribution in [-0.4, -0.2) is 49.9 Å². The van der Waals surface area contributed by atoms with Gasteiger partial charge in [-0.15, -0.1) is 0 Å². The van der Waals surface area contributed by atoms with E-state index in [0.717, 1.165) is 4.57 Å². The largest absolute Gasteiger partial charge is 0.336 e. The van der Waals surface area contributed by atoms with Gasteiger partial charge in [0, 0.05) is 45.5 Å². The van der Waals surface area contributed by atoms with Crippen molar-refractivity contribution < 1.29 is 8.42 Å². The van der Waals surface area contributed by atoms with Gasteiger partial charge in [0.05, 0.1) is 0 Å². The van der Waals surface area contributed by atoms with Crippen LogP contribution in [0.4, 0.5) is 0 Å². The lowest BCUT2D eigenvalue weighted by Gasteiger charge is -2.30. The van der Waals surface area contributed by atoms with Crippen LogP contribution in [0.1, 0.15) is 24.6 Å². The van der Waals surface area contributed by atoms with E-state index in [1.165, 1.54) is 34.4 Å². The number of nitrogens with zero attached hydrogens (tertiary/aromatic N) is 5. The van der Waals surface area contributed by atoms with Crippen LogP contribution in [0.15, 0.2) is 39.0 Å². The highest BCUT2D eigenvalue weighted by Gasteiger charge is 2.31. The number of pyridine rings is 1. The van der Waals surface area contributed by atoms with Crippen molar-refractivity contribution in [2.45, 2.75) is 23.7 Å². The van der Waals surface area contributed by atoms with Gasteiger partial charge in [-0.25, -0.2) is 18.2 Å². The number of piperidine rings is 1. The number of nitrogens with one attached hydrogen (secondary N) is 1. The maximum absolute atomic E-state index is 12.7. The molecule has 0 atom stereocenters. The number of fused-ring (bicyclic) bond motifs is 1. The van der Waals surface area contributed by atoms with E-state index in [9.17, 15) is 18.0 Å². The number of H-pyrrole nitrogens is 1. The molecule has 0 saturated carbocycles. The van der Waals surface area contributed by atoms with Gasteiger partial charge in [0.15, 0.2) is 5.65 Å². The predicted octanol–water partition coefficient (Wildman–Crippen LogP) is -0.0764. The summed E-state index contributed by atoms with van der Waals surface area (Å²) in [4.78, 5) is 36.0. The van der Waals surface area contributed by atoms with Crippen molar-refractivity contribution in [1.29, 1.82) is 0 Å². The Morgan fingerprint density at radius 1 is 1.14 bits per heavy atom. The molecule has 0 radical (unpaired) electrons. The summed E-state index contributed by atoms with van der Waals surface area (Å²) < 4.78 is 29.2. The van der Waals surface area contributed by atoms with E-state index < -0.39 is 21.3 Å². The monoisotopic (exact) mass is 404 g/mol. The summed E-state index contributed by atoms with van der Waals surface area (Å²) >= 11 is 0. The topological polar surface area (TPSA) is 123 Å². The van der Waals surface area contributed by atoms with Crippen molar-refractivity contribution in [2.75, 3.05) is 13.1 Å². The molecule has 3 aromatic rings. The maximum Gasteiger partial charge on any atom is 0.332 e. The number of rotatable bonds is 3. The van der Waals surface area contributed by atoms with Crippen LogP contribution in [0.3, 0.4) is 0 Å². The van der Waals surface area contributed by atoms with Crippen LogP contribution < -0.4 is 11.2 Å². The summed E-state index contributed by atoms with van der Waals surface area (Å²) in [5.74, 6) is 0.583. The van der Waals surface area contributed by atoms with Gasteiger partial charge in [-0.1, -0.05) is 0 Å². The van der Waals surface area contributed by atoms with Gasteiger partial charge in [0.25, 0.3) is 5.56 Å². The number of aryl methyl sites for hydroxylation is 1. The van der Waals surface area contributed by atoms with Gasteiger partial charge < -0.3 is 4.98 Å². The summed E-state index contributed by atoms with van der Waals surface area (Å²) in [5, 5.41) is 0. The van der Waals surface area contributed by atoms with Gasteiger partial charge in [-0.2, -0.15) is 4.31 Å². The van der Waals surface area contributed by atoms with E-state index in [1.807, 2.05) is 0 Å². The van der Waals surface area contributed by atoms with Crippen molar-refractivity contribution in [2.24, 2.45) is 14.1 Å². The molecule has 1 N–H and O–H groups in total. The molecule has 1 saturated heterocycles. The van der Waals surface area contributed by atoms with Gasteiger partial charge in [0.1, 0.15) is 16.2 Å². The molecule has 0 aliphatic carbocycles. The van der Waals surface area contributed by atoms with E-state index in [2.05, 4.69) is 15.0 Å². The second-order valence-corrected chi connectivity index (χ2v) is 8.83. The third-order valence-corrected chi connectivity index (χ3v) is 7.11. The van der Waals surface area contributed by atoms with Crippen molar-refractivity contribution in [1.82, 2.24) is 28.4 Å². The van der Waals surface area contributed by atoms with E-state index >= 15 is 0 Å². The quantitative estimate of drug-likeness (QED) is 0.652. The zero-order valence-corrected chi connectivity index (χ0v) is 16.3. The molecule has 148 valence electrons. The molecule has 0 bridgehead atoms. The molecule has 0 aromatic carbocycles. The van der Waals surface area contributed by atoms with Gasteiger partial charge in [0.2, 0.25) is 10.0 Å². The Balaban J connectivity index is 1.59. The first-order valence-electron chi connectivity index (χ1n) is 8.86. The fourth-order valence-corrected chi connectivity index (χ4v) is 4.99. The zero-order valence-electron chi connectivity index (χ0n) is 15.5. The number of hydrogen-bond acceptors (Lipinski definition) is 6. The van der Waals surface area contributed by atoms with Crippen LogP contribution in [0.5, 0.6) is 0 Å². The lowest BCUT2D eigenvalue weighted by atomic mass is 9.97. The van der Waals surface area contributed by atoms with Gasteiger partial charge in [-0.05, 0) is 25.0 Å². The van der Waals surface area contributed by atoms with E-state index in [4.69, 9.17) is 0 Å². The summed E-state index contributed by atoms with van der Waals surface area (Å²) in [6.45, 7) is 0.686. The molecule has 1 fully saturated rings. The average molecular weight is 404 g/mol. The minimum atomic E-state index is -3.58. The van der Waals surface area contributed by atoms with Gasteiger partial charge in [-0.3, -0.25) is 18.9 Å². The van der Waals surface area contributed by atoms with E-state index in [-0.39, 0.29) is 16.3 Å². The highest BCUT2D eigenvalue weighted by Crippen LogP contribution is 2.29. The lowest BCUT2D eigenvalue weighted by molar-refractivity contribution is 0.314. The lowest BCUT2D eigenvalue weighted by Crippen LogP contribution is -2.38. The number of hydrogen-bond donors (Lipinski definition) is 1. The van der Waals surface area contributed by atoms with Crippen molar-refractivity contribution in [3.63, 3.8) is 0 Å². The molecule has 0 amide bonds. The van der Waals surface area contributed by atoms with E-state index in [1.54, 1.807) is 13.1 Å². The second kappa shape index (κ2) is 6.67. The standard InChI is InChI=1S/C17H20N6O4S/c1-21-15-13(16(24)22(2)17(21)25)19-14(20-15)11-5-8-23(9-6-11)28(26,27)12-4-3-7-18-10-12/h3-4,7,10-11H,5-6,8-9H2,1-2H3,(H,19,20). The van der Waals surface area contributed by atoms with Crippen LogP contribution in [0.2, 0.25) is 0 Å². The molecule has 0 unspecified atom stereocenters. The molecule has 4 rings (SSSR count). The Hall–Kier alpha value is -2.79. The normalized spacial score (nSPS) is 16.6. The number of imidazole rings is 1. The first-order chi connectivity index (χ1) is 13.3. The Bertz CT molecular complexity index is 1250. The van der Waals surface area contributed by atoms with Gasteiger partial charge >= 0.3 is 5.69 Å². The number of aromatic nitrogens is 5. The summed E-state index contributed by atoms with van der Waals surface area (Å²) in [6.07, 6.45) is 4.00.